The molecule has 0 bridgehead atoms. The molecule has 0 aliphatic carbocycles. The van der Waals surface area contributed by atoms with E-state index < -0.39 is 0 Å². The van der Waals surface area contributed by atoms with E-state index in [0.717, 1.165) is 10.9 Å². The zero-order valence-corrected chi connectivity index (χ0v) is 16.1. The van der Waals surface area contributed by atoms with Crippen molar-refractivity contribution in [1.29, 1.82) is 0 Å². The van der Waals surface area contributed by atoms with Crippen LogP contribution in [0.1, 0.15) is 63.9 Å². The van der Waals surface area contributed by atoms with E-state index in [0.29, 0.717) is 11.8 Å². The van der Waals surface area contributed by atoms with Crippen LogP contribution in [0.15, 0.2) is 28.7 Å². The standard InChI is InChI=1S/C18H27BrCl2/c1-2-3-4-5-6-7-10-13-18(14-20,15-21)16-11-8-9-12-17(16)19/h8-9,11-12H,2-7,10,13-15H2,1H3. The zero-order valence-electron chi connectivity index (χ0n) is 13.0. The highest BCUT2D eigenvalue weighted by atomic mass is 79.9. The Hall–Kier alpha value is 0.280. The van der Waals surface area contributed by atoms with Gasteiger partial charge in [0, 0.05) is 21.6 Å². The van der Waals surface area contributed by atoms with Crippen LogP contribution in [0.2, 0.25) is 0 Å². The molecule has 0 radical (unpaired) electrons. The summed E-state index contributed by atoms with van der Waals surface area (Å²) in [6.07, 6.45) is 10.3. The minimum absolute atomic E-state index is 0.105. The fourth-order valence-electron chi connectivity index (χ4n) is 2.76. The number of benzene rings is 1. The van der Waals surface area contributed by atoms with Crippen molar-refractivity contribution in [1.82, 2.24) is 0 Å². The van der Waals surface area contributed by atoms with Crippen molar-refractivity contribution in [2.24, 2.45) is 0 Å². The summed E-state index contributed by atoms with van der Waals surface area (Å²) in [5.41, 5.74) is 1.15. The molecule has 0 spiro atoms. The van der Waals surface area contributed by atoms with Gasteiger partial charge in [0.15, 0.2) is 0 Å². The van der Waals surface area contributed by atoms with Crippen LogP contribution in [0.3, 0.4) is 0 Å². The lowest BCUT2D eigenvalue weighted by Crippen LogP contribution is -2.31. The molecule has 0 nitrogen and oxygen atoms in total. The highest BCUT2D eigenvalue weighted by Crippen LogP contribution is 2.37. The van der Waals surface area contributed by atoms with Gasteiger partial charge < -0.3 is 0 Å². The lowest BCUT2D eigenvalue weighted by Gasteiger charge is -2.31. The van der Waals surface area contributed by atoms with Gasteiger partial charge in [0.05, 0.1) is 0 Å². The Labute approximate surface area is 148 Å². The van der Waals surface area contributed by atoms with Gasteiger partial charge in [-0.05, 0) is 18.1 Å². The van der Waals surface area contributed by atoms with Crippen molar-refractivity contribution in [3.63, 3.8) is 0 Å². The van der Waals surface area contributed by atoms with Gasteiger partial charge in [0.25, 0.3) is 0 Å². The summed E-state index contributed by atoms with van der Waals surface area (Å²) >= 11 is 16.3. The van der Waals surface area contributed by atoms with Crippen molar-refractivity contribution in [3.05, 3.63) is 34.3 Å². The van der Waals surface area contributed by atoms with Crippen LogP contribution in [0.4, 0.5) is 0 Å². The summed E-state index contributed by atoms with van der Waals surface area (Å²) in [6, 6.07) is 8.33. The molecular weight excluding hydrogens is 367 g/mol. The van der Waals surface area contributed by atoms with Gasteiger partial charge in [-0.2, -0.15) is 0 Å². The Morgan fingerprint density at radius 1 is 0.905 bits per heavy atom. The van der Waals surface area contributed by atoms with Crippen LogP contribution in [0, 0.1) is 0 Å². The highest BCUT2D eigenvalue weighted by molar-refractivity contribution is 9.10. The SMILES string of the molecule is CCCCCCCCCC(CCl)(CCl)c1ccccc1Br. The molecule has 0 aromatic heterocycles. The topological polar surface area (TPSA) is 0 Å². The van der Waals surface area contributed by atoms with Crippen LogP contribution in [-0.4, -0.2) is 11.8 Å². The minimum Gasteiger partial charge on any atom is -0.126 e. The Bertz CT molecular complexity index is 389. The van der Waals surface area contributed by atoms with Gasteiger partial charge in [-0.15, -0.1) is 23.2 Å². The Morgan fingerprint density at radius 2 is 1.48 bits per heavy atom. The molecule has 21 heavy (non-hydrogen) atoms. The van der Waals surface area contributed by atoms with Crippen molar-refractivity contribution in [2.45, 2.75) is 63.7 Å². The van der Waals surface area contributed by atoms with Crippen LogP contribution in [0.5, 0.6) is 0 Å². The molecule has 1 aromatic carbocycles. The molecule has 0 aliphatic rings. The van der Waals surface area contributed by atoms with Crippen LogP contribution in [0.25, 0.3) is 0 Å². The van der Waals surface area contributed by atoms with Crippen LogP contribution >= 0.6 is 39.1 Å². The molecule has 0 saturated heterocycles. The van der Waals surface area contributed by atoms with E-state index in [1.54, 1.807) is 0 Å². The van der Waals surface area contributed by atoms with Crippen molar-refractivity contribution in [3.8, 4) is 0 Å². The lowest BCUT2D eigenvalue weighted by molar-refractivity contribution is 0.450. The average molecular weight is 394 g/mol. The van der Waals surface area contributed by atoms with E-state index in [1.165, 1.54) is 50.5 Å². The summed E-state index contributed by atoms with van der Waals surface area (Å²) in [6.45, 7) is 2.26. The first-order chi connectivity index (χ1) is 10.2. The quantitative estimate of drug-likeness (QED) is 0.273. The number of rotatable bonds is 11. The molecule has 0 atom stereocenters. The molecule has 0 heterocycles. The number of hydrogen-bond acceptors (Lipinski definition) is 0. The third-order valence-corrected chi connectivity index (χ3v) is 5.93. The van der Waals surface area contributed by atoms with Crippen molar-refractivity contribution in [2.75, 3.05) is 11.8 Å². The maximum atomic E-state index is 6.31. The maximum absolute atomic E-state index is 6.31. The first-order valence-corrected chi connectivity index (χ1v) is 9.93. The van der Waals surface area contributed by atoms with Gasteiger partial charge in [-0.3, -0.25) is 0 Å². The molecule has 0 aliphatic heterocycles. The molecule has 0 unspecified atom stereocenters. The molecule has 0 fully saturated rings. The fraction of sp³-hybridized carbons (Fsp3) is 0.667. The maximum Gasteiger partial charge on any atom is 0.0332 e. The number of halogens is 3. The Morgan fingerprint density at radius 3 is 2.05 bits per heavy atom. The van der Waals surface area contributed by atoms with Gasteiger partial charge in [0.2, 0.25) is 0 Å². The third kappa shape index (κ3) is 6.12. The molecule has 0 amide bonds. The number of hydrogen-bond donors (Lipinski definition) is 0. The third-order valence-electron chi connectivity index (χ3n) is 4.22. The minimum atomic E-state index is -0.105. The van der Waals surface area contributed by atoms with Gasteiger partial charge in [-0.25, -0.2) is 0 Å². The van der Waals surface area contributed by atoms with Crippen molar-refractivity contribution < 1.29 is 0 Å². The van der Waals surface area contributed by atoms with Gasteiger partial charge in [-0.1, -0.05) is 86.0 Å². The fourth-order valence-corrected chi connectivity index (χ4v) is 4.31. The molecule has 3 heteroatoms. The highest BCUT2D eigenvalue weighted by Gasteiger charge is 2.31. The summed E-state index contributed by atoms with van der Waals surface area (Å²) in [5.74, 6) is 1.16. The summed E-state index contributed by atoms with van der Waals surface area (Å²) in [4.78, 5) is 0. The first-order valence-electron chi connectivity index (χ1n) is 8.07. The van der Waals surface area contributed by atoms with Gasteiger partial charge >= 0.3 is 0 Å². The normalized spacial score (nSPS) is 11.8. The summed E-state index contributed by atoms with van der Waals surface area (Å²) < 4.78 is 1.12. The predicted molar refractivity (Wildman–Crippen MR) is 99.9 cm³/mol. The lowest BCUT2D eigenvalue weighted by atomic mass is 9.79. The summed E-state index contributed by atoms with van der Waals surface area (Å²) in [5, 5.41) is 0. The molecule has 1 aromatic rings. The van der Waals surface area contributed by atoms with Crippen molar-refractivity contribution >= 4 is 39.1 Å². The van der Waals surface area contributed by atoms with Crippen LogP contribution < -0.4 is 0 Å². The molecule has 120 valence electrons. The molecule has 1 rings (SSSR count). The smallest absolute Gasteiger partial charge is 0.0332 e. The molecule has 0 saturated carbocycles. The average Bonchev–Trinajstić information content (AvgIpc) is 2.52. The van der Waals surface area contributed by atoms with Gasteiger partial charge in [0.1, 0.15) is 0 Å². The van der Waals surface area contributed by atoms with E-state index in [9.17, 15) is 0 Å². The van der Waals surface area contributed by atoms with E-state index >= 15 is 0 Å². The summed E-state index contributed by atoms with van der Waals surface area (Å²) in [7, 11) is 0. The van der Waals surface area contributed by atoms with E-state index in [-0.39, 0.29) is 5.41 Å². The van der Waals surface area contributed by atoms with Crippen LogP contribution in [-0.2, 0) is 5.41 Å². The first kappa shape index (κ1) is 19.3. The second-order valence-electron chi connectivity index (χ2n) is 5.90. The van der Waals surface area contributed by atoms with E-state index in [2.05, 4.69) is 41.1 Å². The zero-order chi connectivity index (χ0) is 15.6. The monoisotopic (exact) mass is 392 g/mol. The molecule has 0 N–H and O–H groups in total. The number of alkyl halides is 2. The second-order valence-corrected chi connectivity index (χ2v) is 7.29. The van der Waals surface area contributed by atoms with E-state index in [1.807, 2.05) is 6.07 Å². The Kier molecular flexibility index (Phi) is 10.0. The molecular formula is C18H27BrCl2. The second kappa shape index (κ2) is 10.9. The largest absolute Gasteiger partial charge is 0.126 e. The Balaban J connectivity index is 2.52. The number of unbranched alkanes of at least 4 members (excludes halogenated alkanes) is 6. The van der Waals surface area contributed by atoms with E-state index in [4.69, 9.17) is 23.2 Å². The predicted octanol–water partition coefficient (Wildman–Crippen LogP) is 7.31.